The molecule has 3 rings (SSSR count). The summed E-state index contributed by atoms with van der Waals surface area (Å²) in [6.07, 6.45) is 3.69. The first-order chi connectivity index (χ1) is 14.4. The zero-order valence-electron chi connectivity index (χ0n) is 16.4. The van der Waals surface area contributed by atoms with E-state index >= 15 is 0 Å². The van der Waals surface area contributed by atoms with Crippen LogP contribution < -0.4 is 4.74 Å². The molecule has 0 N–H and O–H groups in total. The van der Waals surface area contributed by atoms with Crippen LogP contribution in [0.2, 0.25) is 0 Å². The molecule has 6 nitrogen and oxygen atoms in total. The quantitative estimate of drug-likeness (QED) is 0.641. The van der Waals surface area contributed by atoms with Gasteiger partial charge in [-0.2, -0.15) is 10.4 Å². The molecule has 0 aliphatic carbocycles. The highest BCUT2D eigenvalue weighted by Crippen LogP contribution is 2.32. The summed E-state index contributed by atoms with van der Waals surface area (Å²) in [7, 11) is 0. The van der Waals surface area contributed by atoms with E-state index in [0.717, 1.165) is 12.1 Å². The molecule has 0 radical (unpaired) electrons. The Morgan fingerprint density at radius 3 is 2.83 bits per heavy atom. The number of halogens is 2. The Labute approximate surface area is 173 Å². The van der Waals surface area contributed by atoms with Crippen LogP contribution >= 0.6 is 0 Å². The minimum absolute atomic E-state index is 0.104. The third-order valence-electron chi connectivity index (χ3n) is 4.70. The predicted octanol–water partition coefficient (Wildman–Crippen LogP) is 4.21. The van der Waals surface area contributed by atoms with E-state index in [2.05, 4.69) is 16.7 Å². The summed E-state index contributed by atoms with van der Waals surface area (Å²) in [6, 6.07) is 6.73. The molecule has 0 spiro atoms. The molecular formula is C22H20F2N4O2. The van der Waals surface area contributed by atoms with Crippen molar-refractivity contribution in [2.75, 3.05) is 6.61 Å². The number of hydrogen-bond donors (Lipinski definition) is 0. The Hall–Kier alpha value is -3.60. The van der Waals surface area contributed by atoms with Gasteiger partial charge in [0, 0.05) is 36.9 Å². The van der Waals surface area contributed by atoms with Crippen molar-refractivity contribution >= 4 is 12.1 Å². The van der Waals surface area contributed by atoms with Crippen molar-refractivity contribution in [1.29, 1.82) is 5.26 Å². The molecule has 1 aliphatic rings. The summed E-state index contributed by atoms with van der Waals surface area (Å²) in [4.78, 5) is 16.6. The molecule has 1 amide bonds. The Bertz CT molecular complexity index is 1030. The first kappa shape index (κ1) is 21.1. The van der Waals surface area contributed by atoms with Crippen LogP contribution in [0.25, 0.3) is 0 Å². The average Bonchev–Trinajstić information content (AvgIpc) is 3.23. The number of benzene rings is 1. The molecule has 1 aromatic heterocycles. The molecule has 1 unspecified atom stereocenters. The molecule has 1 aromatic carbocycles. The van der Waals surface area contributed by atoms with Gasteiger partial charge >= 0.3 is 0 Å². The van der Waals surface area contributed by atoms with Crippen LogP contribution in [-0.4, -0.2) is 28.7 Å². The fraction of sp³-hybridized carbons (Fsp3) is 0.273. The highest BCUT2D eigenvalue weighted by molar-refractivity contribution is 5.80. The van der Waals surface area contributed by atoms with Crippen LogP contribution in [0.5, 0.6) is 5.88 Å². The van der Waals surface area contributed by atoms with Crippen molar-refractivity contribution in [1.82, 2.24) is 9.99 Å². The number of carbonyl (C=O) groups excluding carboxylic acids is 1. The maximum absolute atomic E-state index is 14.3. The zero-order chi connectivity index (χ0) is 21.7. The van der Waals surface area contributed by atoms with Crippen molar-refractivity contribution in [2.45, 2.75) is 32.2 Å². The summed E-state index contributed by atoms with van der Waals surface area (Å²) >= 11 is 0. The first-order valence-corrected chi connectivity index (χ1v) is 9.34. The first-order valence-electron chi connectivity index (χ1n) is 9.34. The van der Waals surface area contributed by atoms with Gasteiger partial charge in [0.25, 0.3) is 0 Å². The van der Waals surface area contributed by atoms with Gasteiger partial charge in [-0.1, -0.05) is 6.58 Å². The zero-order valence-corrected chi connectivity index (χ0v) is 16.4. The molecule has 30 heavy (non-hydrogen) atoms. The van der Waals surface area contributed by atoms with Crippen molar-refractivity contribution in [3.8, 4) is 11.9 Å². The molecule has 8 heteroatoms. The number of hydrogen-bond acceptors (Lipinski definition) is 5. The van der Waals surface area contributed by atoms with Gasteiger partial charge in [0.05, 0.1) is 11.6 Å². The van der Waals surface area contributed by atoms with Crippen molar-refractivity contribution < 1.29 is 18.3 Å². The number of nitriles is 1. The van der Waals surface area contributed by atoms with Gasteiger partial charge in [0.15, 0.2) is 0 Å². The summed E-state index contributed by atoms with van der Waals surface area (Å²) in [6.45, 7) is 5.54. The summed E-state index contributed by atoms with van der Waals surface area (Å²) < 4.78 is 33.7. The molecule has 0 saturated heterocycles. The third-order valence-corrected chi connectivity index (χ3v) is 4.70. The second-order valence-corrected chi connectivity index (χ2v) is 6.95. The SMILES string of the molecule is C=C(CCC(=O)N1N=CCC1c1cc(F)c(C)cc1F)COc1ccc(C#N)cn1. The monoisotopic (exact) mass is 410 g/mol. The highest BCUT2D eigenvalue weighted by Gasteiger charge is 2.30. The topological polar surface area (TPSA) is 78.6 Å². The van der Waals surface area contributed by atoms with E-state index in [1.807, 2.05) is 6.07 Å². The van der Waals surface area contributed by atoms with Gasteiger partial charge in [0.2, 0.25) is 11.8 Å². The van der Waals surface area contributed by atoms with Gasteiger partial charge < -0.3 is 4.74 Å². The lowest BCUT2D eigenvalue weighted by Crippen LogP contribution is -2.27. The Morgan fingerprint density at radius 1 is 1.33 bits per heavy atom. The molecule has 1 aliphatic heterocycles. The predicted molar refractivity (Wildman–Crippen MR) is 107 cm³/mol. The van der Waals surface area contributed by atoms with Gasteiger partial charge in [-0.15, -0.1) is 0 Å². The fourth-order valence-corrected chi connectivity index (χ4v) is 3.01. The van der Waals surface area contributed by atoms with Gasteiger partial charge in [-0.25, -0.2) is 18.8 Å². The average molecular weight is 410 g/mol. The van der Waals surface area contributed by atoms with Crippen molar-refractivity contribution in [3.63, 3.8) is 0 Å². The van der Waals surface area contributed by atoms with E-state index in [1.165, 1.54) is 24.3 Å². The molecule has 0 bridgehead atoms. The molecule has 154 valence electrons. The molecule has 2 heterocycles. The number of ether oxygens (including phenoxy) is 1. The van der Waals surface area contributed by atoms with Crippen LogP contribution in [0.3, 0.4) is 0 Å². The van der Waals surface area contributed by atoms with Crippen LogP contribution in [0.15, 0.2) is 47.7 Å². The van der Waals surface area contributed by atoms with Crippen molar-refractivity contribution in [3.05, 3.63) is 70.9 Å². The molecule has 0 fully saturated rings. The second kappa shape index (κ2) is 9.27. The van der Waals surface area contributed by atoms with E-state index < -0.39 is 17.7 Å². The smallest absolute Gasteiger partial charge is 0.243 e. The second-order valence-electron chi connectivity index (χ2n) is 6.95. The minimum atomic E-state index is -0.667. The normalized spacial score (nSPS) is 15.1. The summed E-state index contributed by atoms with van der Waals surface area (Å²) in [5.41, 5.74) is 1.42. The lowest BCUT2D eigenvalue weighted by atomic mass is 10.0. The van der Waals surface area contributed by atoms with E-state index in [-0.39, 0.29) is 30.1 Å². The van der Waals surface area contributed by atoms with Crippen LogP contribution in [0.4, 0.5) is 8.78 Å². The largest absolute Gasteiger partial charge is 0.473 e. The number of rotatable bonds is 7. The number of hydrazone groups is 1. The number of nitrogens with zero attached hydrogens (tertiary/aromatic N) is 4. The molecular weight excluding hydrogens is 390 g/mol. The third kappa shape index (κ3) is 4.87. The number of aryl methyl sites for hydroxylation is 1. The van der Waals surface area contributed by atoms with Gasteiger partial charge in [-0.3, -0.25) is 4.79 Å². The fourth-order valence-electron chi connectivity index (χ4n) is 3.01. The van der Waals surface area contributed by atoms with E-state index in [4.69, 9.17) is 10.00 Å². The van der Waals surface area contributed by atoms with Crippen molar-refractivity contribution in [2.24, 2.45) is 5.10 Å². The Balaban J connectivity index is 1.54. The Kier molecular flexibility index (Phi) is 6.52. The highest BCUT2D eigenvalue weighted by atomic mass is 19.1. The van der Waals surface area contributed by atoms with E-state index in [0.29, 0.717) is 29.9 Å². The van der Waals surface area contributed by atoms with E-state index in [9.17, 15) is 13.6 Å². The molecule has 0 saturated carbocycles. The minimum Gasteiger partial charge on any atom is -0.473 e. The molecule has 1 atom stereocenters. The number of amides is 1. The lowest BCUT2D eigenvalue weighted by molar-refractivity contribution is -0.133. The Morgan fingerprint density at radius 2 is 2.13 bits per heavy atom. The molecule has 2 aromatic rings. The van der Waals surface area contributed by atoms with Crippen LogP contribution in [-0.2, 0) is 4.79 Å². The van der Waals surface area contributed by atoms with Crippen LogP contribution in [0.1, 0.15) is 42.0 Å². The number of aromatic nitrogens is 1. The van der Waals surface area contributed by atoms with Crippen LogP contribution in [0, 0.1) is 29.9 Å². The summed E-state index contributed by atoms with van der Waals surface area (Å²) in [5, 5.41) is 14.0. The summed E-state index contributed by atoms with van der Waals surface area (Å²) in [5.74, 6) is -1.04. The van der Waals surface area contributed by atoms with Gasteiger partial charge in [0.1, 0.15) is 24.3 Å². The maximum Gasteiger partial charge on any atom is 0.243 e. The van der Waals surface area contributed by atoms with Gasteiger partial charge in [-0.05, 0) is 42.7 Å². The number of pyridine rings is 1. The standard InChI is InChI=1S/C22H20F2N4O2/c1-14(13-30-21-5-4-16(11-25)12-26-21)3-6-22(29)28-20(7-8-27-28)17-10-18(23)15(2)9-19(17)24/h4-5,8-10,12,20H,1,3,6-7,13H2,2H3. The maximum atomic E-state index is 14.3. The lowest BCUT2D eigenvalue weighted by Gasteiger charge is -2.23. The van der Waals surface area contributed by atoms with E-state index in [1.54, 1.807) is 12.1 Å². The number of carbonyl (C=O) groups is 1.